The second kappa shape index (κ2) is 18.4. The van der Waals surface area contributed by atoms with Crippen molar-refractivity contribution in [1.29, 1.82) is 0 Å². The van der Waals surface area contributed by atoms with Crippen molar-refractivity contribution in [1.82, 2.24) is 0 Å². The van der Waals surface area contributed by atoms with Gasteiger partial charge in [-0.05, 0) is 6.04 Å². The van der Waals surface area contributed by atoms with Gasteiger partial charge < -0.3 is 4.12 Å². The largest absolute Gasteiger partial charge is 0.468 e. The first-order valence-electron chi connectivity index (χ1n) is 8.90. The molecule has 0 aliphatic carbocycles. The van der Waals surface area contributed by atoms with E-state index in [4.69, 9.17) is 4.12 Å². The summed E-state index contributed by atoms with van der Waals surface area (Å²) in [5, 5.41) is 0. The fourth-order valence-electron chi connectivity index (χ4n) is 2.62. The Labute approximate surface area is 127 Å². The van der Waals surface area contributed by atoms with Crippen molar-refractivity contribution in [3.8, 4) is 0 Å². The zero-order valence-electron chi connectivity index (χ0n) is 13.7. The molecule has 0 unspecified atom stereocenters. The minimum Gasteiger partial charge on any atom is -0.468 e. The zero-order chi connectivity index (χ0) is 14.0. The van der Waals surface area contributed by atoms with Crippen LogP contribution >= 0.6 is 0 Å². The van der Waals surface area contributed by atoms with Crippen molar-refractivity contribution in [2.45, 2.75) is 103 Å². The molecule has 0 aliphatic rings. The molecule has 19 heavy (non-hydrogen) atoms. The summed E-state index contributed by atoms with van der Waals surface area (Å²) in [5.74, 6) is 0. The second-order valence-corrected chi connectivity index (χ2v) is 9.37. The highest BCUT2D eigenvalue weighted by Crippen LogP contribution is 2.13. The minimum absolute atomic E-state index is 0.0783. The van der Waals surface area contributed by atoms with Gasteiger partial charge >= 0.3 is 0 Å². The van der Waals surface area contributed by atoms with E-state index in [0.717, 1.165) is 10.5 Å². The Hall–Kier alpha value is 0.394. The lowest BCUT2D eigenvalue weighted by atomic mass is 10.0. The molecule has 0 saturated carbocycles. The standard InChI is InChI=1S/C16H38OSi2/c1-2-3-4-5-6-7-8-9-10-11-12-13-14-15-16-19-17-18/h2-16,19H2,1,18H3. The highest BCUT2D eigenvalue weighted by atomic mass is 28.3. The van der Waals surface area contributed by atoms with Crippen LogP contribution in [0, 0.1) is 0 Å². The van der Waals surface area contributed by atoms with E-state index in [1.54, 1.807) is 0 Å². The van der Waals surface area contributed by atoms with Gasteiger partial charge in [0, 0.05) is 0 Å². The van der Waals surface area contributed by atoms with E-state index < -0.39 is 0 Å². The van der Waals surface area contributed by atoms with Crippen molar-refractivity contribution < 1.29 is 4.12 Å². The van der Waals surface area contributed by atoms with Crippen LogP contribution in [0.3, 0.4) is 0 Å². The maximum absolute atomic E-state index is 5.33. The molecule has 116 valence electrons. The zero-order valence-corrected chi connectivity index (χ0v) is 17.1. The summed E-state index contributed by atoms with van der Waals surface area (Å²) in [6, 6.07) is 1.42. The molecule has 0 aromatic heterocycles. The molecule has 0 aliphatic heterocycles. The average Bonchev–Trinajstić information content (AvgIpc) is 2.43. The summed E-state index contributed by atoms with van der Waals surface area (Å²) in [6.45, 7) is 2.29. The Bertz CT molecular complexity index is 138. The number of hydrogen-bond acceptors (Lipinski definition) is 1. The predicted molar refractivity (Wildman–Crippen MR) is 94.7 cm³/mol. The van der Waals surface area contributed by atoms with Crippen molar-refractivity contribution >= 4 is 20.2 Å². The highest BCUT2D eigenvalue weighted by Gasteiger charge is 1.94. The van der Waals surface area contributed by atoms with Crippen molar-refractivity contribution in [3.63, 3.8) is 0 Å². The molecule has 0 aromatic rings. The van der Waals surface area contributed by atoms with Gasteiger partial charge in [-0.25, -0.2) is 0 Å². The van der Waals surface area contributed by atoms with Crippen molar-refractivity contribution in [2.24, 2.45) is 0 Å². The molecule has 0 spiro atoms. The third-order valence-electron chi connectivity index (χ3n) is 3.95. The molecule has 1 nitrogen and oxygen atoms in total. The van der Waals surface area contributed by atoms with Crippen molar-refractivity contribution in [3.05, 3.63) is 0 Å². The smallest absolute Gasteiger partial charge is 0.145 e. The first-order valence-corrected chi connectivity index (χ1v) is 11.3. The van der Waals surface area contributed by atoms with Crippen LogP contribution in [0.2, 0.25) is 6.04 Å². The molecule has 0 amide bonds. The summed E-state index contributed by atoms with van der Waals surface area (Å²) in [7, 11) is 0.894. The third-order valence-corrected chi connectivity index (χ3v) is 6.37. The molecule has 0 N–H and O–H groups in total. The van der Waals surface area contributed by atoms with Crippen LogP contribution in [0.5, 0.6) is 0 Å². The molecule has 0 saturated heterocycles. The minimum atomic E-state index is -0.0783. The van der Waals surface area contributed by atoms with E-state index in [1.165, 1.54) is 95.9 Å². The van der Waals surface area contributed by atoms with E-state index >= 15 is 0 Å². The lowest BCUT2D eigenvalue weighted by Crippen LogP contribution is -1.93. The van der Waals surface area contributed by atoms with Crippen LogP contribution in [-0.4, -0.2) is 20.2 Å². The fraction of sp³-hybridized carbons (Fsp3) is 1.00. The summed E-state index contributed by atoms with van der Waals surface area (Å²) in [6.07, 6.45) is 20.5. The van der Waals surface area contributed by atoms with Gasteiger partial charge in [-0.3, -0.25) is 0 Å². The third kappa shape index (κ3) is 18.4. The van der Waals surface area contributed by atoms with Crippen LogP contribution in [0.25, 0.3) is 0 Å². The van der Waals surface area contributed by atoms with E-state index in [0.29, 0.717) is 0 Å². The quantitative estimate of drug-likeness (QED) is 0.306. The van der Waals surface area contributed by atoms with Gasteiger partial charge in [0.15, 0.2) is 0 Å². The van der Waals surface area contributed by atoms with Gasteiger partial charge in [0.2, 0.25) is 0 Å². The normalized spacial score (nSPS) is 11.8. The molecule has 3 heteroatoms. The molecule has 0 bridgehead atoms. The second-order valence-electron chi connectivity index (χ2n) is 5.94. The van der Waals surface area contributed by atoms with Crippen molar-refractivity contribution in [2.75, 3.05) is 0 Å². The van der Waals surface area contributed by atoms with E-state index in [1.807, 2.05) is 0 Å². The average molecular weight is 303 g/mol. The number of rotatable bonds is 16. The monoisotopic (exact) mass is 302 g/mol. The Balaban J connectivity index is 2.88. The molecule has 0 fully saturated rings. The lowest BCUT2D eigenvalue weighted by Gasteiger charge is -2.03. The summed E-state index contributed by atoms with van der Waals surface area (Å²) in [5.41, 5.74) is 0. The first-order chi connectivity index (χ1) is 9.41. The Morgan fingerprint density at radius 2 is 1.00 bits per heavy atom. The Kier molecular flexibility index (Phi) is 18.8. The van der Waals surface area contributed by atoms with Crippen LogP contribution in [-0.2, 0) is 4.12 Å². The van der Waals surface area contributed by atoms with Crippen LogP contribution in [0.1, 0.15) is 96.8 Å². The molecular formula is C16H38OSi2. The van der Waals surface area contributed by atoms with Crippen LogP contribution in [0.15, 0.2) is 0 Å². The van der Waals surface area contributed by atoms with E-state index in [-0.39, 0.29) is 9.76 Å². The van der Waals surface area contributed by atoms with Gasteiger partial charge in [0.05, 0.1) is 0 Å². The van der Waals surface area contributed by atoms with E-state index in [2.05, 4.69) is 6.92 Å². The van der Waals surface area contributed by atoms with Gasteiger partial charge in [-0.2, -0.15) is 0 Å². The topological polar surface area (TPSA) is 9.23 Å². The van der Waals surface area contributed by atoms with Gasteiger partial charge in [0.1, 0.15) is 20.2 Å². The summed E-state index contributed by atoms with van der Waals surface area (Å²) >= 11 is 0. The Morgan fingerprint density at radius 3 is 1.37 bits per heavy atom. The SMILES string of the molecule is CCCCCCCCCCCCCCCC[SiH2]O[SiH3]. The summed E-state index contributed by atoms with van der Waals surface area (Å²) < 4.78 is 5.33. The van der Waals surface area contributed by atoms with Gasteiger partial charge in [-0.1, -0.05) is 96.8 Å². The van der Waals surface area contributed by atoms with Gasteiger partial charge in [-0.15, -0.1) is 0 Å². The molecule has 0 rings (SSSR count). The number of unbranched alkanes of at least 4 members (excludes halogenated alkanes) is 13. The number of hydrogen-bond donors (Lipinski definition) is 0. The highest BCUT2D eigenvalue weighted by molar-refractivity contribution is 6.34. The maximum Gasteiger partial charge on any atom is 0.145 e. The molecule has 0 atom stereocenters. The Morgan fingerprint density at radius 1 is 0.632 bits per heavy atom. The predicted octanol–water partition coefficient (Wildman–Crippen LogP) is 4.27. The van der Waals surface area contributed by atoms with E-state index in [9.17, 15) is 0 Å². The van der Waals surface area contributed by atoms with Gasteiger partial charge in [0.25, 0.3) is 0 Å². The van der Waals surface area contributed by atoms with Crippen LogP contribution < -0.4 is 0 Å². The molecule has 0 radical (unpaired) electrons. The van der Waals surface area contributed by atoms with Crippen LogP contribution in [0.4, 0.5) is 0 Å². The maximum atomic E-state index is 5.33. The first kappa shape index (κ1) is 19.4. The molecule has 0 heterocycles. The molecule has 0 aromatic carbocycles. The summed E-state index contributed by atoms with van der Waals surface area (Å²) in [4.78, 5) is 0. The lowest BCUT2D eigenvalue weighted by molar-refractivity contribution is 0.537. The molecular weight excluding hydrogens is 264 g/mol. The fourth-order valence-corrected chi connectivity index (χ4v) is 4.33.